The summed E-state index contributed by atoms with van der Waals surface area (Å²) in [6.45, 7) is 1.94. The predicted octanol–water partition coefficient (Wildman–Crippen LogP) is 3.75. The smallest absolute Gasteiger partial charge is 0.114 e. The third-order valence-corrected chi connectivity index (χ3v) is 3.52. The molecule has 0 aliphatic heterocycles. The molecule has 0 unspecified atom stereocenters. The van der Waals surface area contributed by atoms with Gasteiger partial charge < -0.3 is 4.42 Å². The van der Waals surface area contributed by atoms with E-state index in [9.17, 15) is 0 Å². The summed E-state index contributed by atoms with van der Waals surface area (Å²) in [5.74, 6) is 1.73. The summed E-state index contributed by atoms with van der Waals surface area (Å²) < 4.78 is 5.22. The zero-order valence-corrected chi connectivity index (χ0v) is 9.75. The van der Waals surface area contributed by atoms with Crippen LogP contribution in [0.5, 0.6) is 0 Å². The molecule has 0 saturated heterocycles. The summed E-state index contributed by atoms with van der Waals surface area (Å²) in [6.07, 6.45) is 1.69. The third kappa shape index (κ3) is 2.29. The molecular weight excluding hydrogens is 218 g/mol. The number of nitriles is 1. The van der Waals surface area contributed by atoms with Gasteiger partial charge >= 0.3 is 0 Å². The molecule has 2 nitrogen and oxygen atoms in total. The van der Waals surface area contributed by atoms with Gasteiger partial charge in [-0.25, -0.2) is 0 Å². The Hall–Kier alpha value is -1.66. The highest BCUT2D eigenvalue weighted by Gasteiger charge is 2.05. The van der Waals surface area contributed by atoms with Gasteiger partial charge in [0.15, 0.2) is 0 Å². The van der Waals surface area contributed by atoms with Crippen LogP contribution in [0.3, 0.4) is 0 Å². The highest BCUT2D eigenvalue weighted by atomic mass is 32.2. The molecule has 0 atom stereocenters. The highest BCUT2D eigenvalue weighted by molar-refractivity contribution is 7.98. The normalized spacial score (nSPS) is 10.0. The fraction of sp³-hybridized carbons (Fsp3) is 0.154. The number of hydrogen-bond acceptors (Lipinski definition) is 3. The first-order valence-corrected chi connectivity index (χ1v) is 5.94. The van der Waals surface area contributed by atoms with Crippen LogP contribution in [0, 0.1) is 18.3 Å². The zero-order valence-electron chi connectivity index (χ0n) is 8.93. The molecule has 1 heterocycles. The predicted molar refractivity (Wildman–Crippen MR) is 64.2 cm³/mol. The molecule has 0 spiro atoms. The second-order valence-corrected chi connectivity index (χ2v) is 4.42. The van der Waals surface area contributed by atoms with Crippen LogP contribution < -0.4 is 0 Å². The second kappa shape index (κ2) is 4.91. The standard InChI is InChI=1S/C13H11NOS/c1-10-13(6-7-15-10)16-9-12-5-3-2-4-11(12)8-14/h2-7H,9H2,1H3. The van der Waals surface area contributed by atoms with Gasteiger partial charge in [-0.3, -0.25) is 0 Å². The van der Waals surface area contributed by atoms with Gasteiger partial charge in [-0.15, -0.1) is 11.8 Å². The van der Waals surface area contributed by atoms with Gasteiger partial charge in [0, 0.05) is 10.6 Å². The van der Waals surface area contributed by atoms with Gasteiger partial charge in [0.2, 0.25) is 0 Å². The van der Waals surface area contributed by atoms with Crippen LogP contribution in [0.4, 0.5) is 0 Å². The maximum absolute atomic E-state index is 8.95. The van der Waals surface area contributed by atoms with Crippen LogP contribution in [0.15, 0.2) is 45.9 Å². The van der Waals surface area contributed by atoms with Crippen molar-refractivity contribution >= 4 is 11.8 Å². The van der Waals surface area contributed by atoms with Gasteiger partial charge in [-0.05, 0) is 24.6 Å². The van der Waals surface area contributed by atoms with E-state index in [1.54, 1.807) is 18.0 Å². The topological polar surface area (TPSA) is 36.9 Å². The summed E-state index contributed by atoms with van der Waals surface area (Å²) in [4.78, 5) is 1.13. The van der Waals surface area contributed by atoms with Crippen molar-refractivity contribution < 1.29 is 4.42 Å². The quantitative estimate of drug-likeness (QED) is 0.752. The molecule has 1 aromatic carbocycles. The van der Waals surface area contributed by atoms with Gasteiger partial charge in [0.05, 0.1) is 17.9 Å². The van der Waals surface area contributed by atoms with Gasteiger partial charge in [-0.2, -0.15) is 5.26 Å². The van der Waals surface area contributed by atoms with Crippen LogP contribution in [0.25, 0.3) is 0 Å². The molecule has 0 fully saturated rings. The molecule has 80 valence electrons. The average molecular weight is 229 g/mol. The zero-order chi connectivity index (χ0) is 11.4. The Morgan fingerprint density at radius 1 is 1.31 bits per heavy atom. The summed E-state index contributed by atoms with van der Waals surface area (Å²) >= 11 is 1.69. The van der Waals surface area contributed by atoms with Crippen LogP contribution in [-0.4, -0.2) is 0 Å². The number of nitrogens with zero attached hydrogens (tertiary/aromatic N) is 1. The van der Waals surface area contributed by atoms with Gasteiger partial charge in [0.25, 0.3) is 0 Å². The van der Waals surface area contributed by atoms with E-state index in [0.29, 0.717) is 0 Å². The lowest BCUT2D eigenvalue weighted by atomic mass is 10.1. The van der Waals surface area contributed by atoms with Crippen molar-refractivity contribution in [3.8, 4) is 6.07 Å². The summed E-state index contributed by atoms with van der Waals surface area (Å²) in [7, 11) is 0. The van der Waals surface area contributed by atoms with E-state index in [-0.39, 0.29) is 0 Å². The molecule has 0 saturated carbocycles. The molecule has 0 aliphatic carbocycles. The van der Waals surface area contributed by atoms with Crippen LogP contribution >= 0.6 is 11.8 Å². The molecule has 0 amide bonds. The first-order chi connectivity index (χ1) is 7.81. The molecule has 0 aliphatic rings. The summed E-state index contributed by atoms with van der Waals surface area (Å²) in [5, 5.41) is 8.95. The summed E-state index contributed by atoms with van der Waals surface area (Å²) in [6, 6.07) is 11.8. The molecule has 2 aromatic rings. The van der Waals surface area contributed by atoms with Crippen molar-refractivity contribution in [2.24, 2.45) is 0 Å². The van der Waals surface area contributed by atoms with Crippen molar-refractivity contribution in [2.45, 2.75) is 17.6 Å². The Morgan fingerprint density at radius 2 is 2.12 bits per heavy atom. The number of thioether (sulfide) groups is 1. The number of benzene rings is 1. The number of aryl methyl sites for hydroxylation is 1. The van der Waals surface area contributed by atoms with Crippen LogP contribution in [0.2, 0.25) is 0 Å². The fourth-order valence-corrected chi connectivity index (χ4v) is 2.40. The number of furan rings is 1. The number of rotatable bonds is 3. The highest BCUT2D eigenvalue weighted by Crippen LogP contribution is 2.27. The maximum atomic E-state index is 8.95. The molecule has 0 radical (unpaired) electrons. The first-order valence-electron chi connectivity index (χ1n) is 4.96. The molecular formula is C13H11NOS. The van der Waals surface area contributed by atoms with E-state index in [1.807, 2.05) is 37.3 Å². The lowest BCUT2D eigenvalue weighted by molar-refractivity contribution is 0.527. The Balaban J connectivity index is 2.11. The van der Waals surface area contributed by atoms with Gasteiger partial charge in [0.1, 0.15) is 5.76 Å². The van der Waals surface area contributed by atoms with E-state index >= 15 is 0 Å². The molecule has 16 heavy (non-hydrogen) atoms. The maximum Gasteiger partial charge on any atom is 0.114 e. The Labute approximate surface area is 98.9 Å². The third-order valence-electron chi connectivity index (χ3n) is 2.33. The summed E-state index contributed by atoms with van der Waals surface area (Å²) in [5.41, 5.74) is 1.81. The van der Waals surface area contributed by atoms with Gasteiger partial charge in [-0.1, -0.05) is 18.2 Å². The van der Waals surface area contributed by atoms with E-state index in [0.717, 1.165) is 27.5 Å². The van der Waals surface area contributed by atoms with Crippen LogP contribution in [-0.2, 0) is 5.75 Å². The number of hydrogen-bond donors (Lipinski definition) is 0. The van der Waals surface area contributed by atoms with Crippen molar-refractivity contribution in [2.75, 3.05) is 0 Å². The molecule has 2 rings (SSSR count). The Kier molecular flexibility index (Phi) is 3.33. The molecule has 3 heteroatoms. The van der Waals surface area contributed by atoms with E-state index in [1.165, 1.54) is 0 Å². The first kappa shape index (κ1) is 10.8. The van der Waals surface area contributed by atoms with Crippen molar-refractivity contribution in [3.05, 3.63) is 53.5 Å². The molecule has 0 bridgehead atoms. The lowest BCUT2D eigenvalue weighted by Gasteiger charge is -2.02. The second-order valence-electron chi connectivity index (χ2n) is 3.40. The minimum absolute atomic E-state index is 0.746. The van der Waals surface area contributed by atoms with E-state index < -0.39 is 0 Å². The van der Waals surface area contributed by atoms with Crippen molar-refractivity contribution in [1.82, 2.24) is 0 Å². The van der Waals surface area contributed by atoms with Crippen molar-refractivity contribution in [1.29, 1.82) is 5.26 Å². The largest absolute Gasteiger partial charge is 0.468 e. The van der Waals surface area contributed by atoms with Crippen molar-refractivity contribution in [3.63, 3.8) is 0 Å². The molecule has 0 N–H and O–H groups in total. The minimum atomic E-state index is 0.746. The molecule has 1 aromatic heterocycles. The average Bonchev–Trinajstić information content (AvgIpc) is 2.72. The fourth-order valence-electron chi connectivity index (χ4n) is 1.43. The monoisotopic (exact) mass is 229 g/mol. The lowest BCUT2D eigenvalue weighted by Crippen LogP contribution is -1.86. The Bertz CT molecular complexity index is 525. The van der Waals surface area contributed by atoms with E-state index in [4.69, 9.17) is 9.68 Å². The Morgan fingerprint density at radius 3 is 2.81 bits per heavy atom. The SMILES string of the molecule is Cc1occc1SCc1ccccc1C#N. The van der Waals surface area contributed by atoms with Crippen LogP contribution in [0.1, 0.15) is 16.9 Å². The minimum Gasteiger partial charge on any atom is -0.468 e. The van der Waals surface area contributed by atoms with E-state index in [2.05, 4.69) is 6.07 Å².